The second-order valence-corrected chi connectivity index (χ2v) is 3.74. The van der Waals surface area contributed by atoms with Crippen molar-refractivity contribution in [1.29, 1.82) is 0 Å². The zero-order valence-corrected chi connectivity index (χ0v) is 9.32. The van der Waals surface area contributed by atoms with Crippen molar-refractivity contribution in [1.82, 2.24) is 4.98 Å². The van der Waals surface area contributed by atoms with E-state index in [1.54, 1.807) is 0 Å². The van der Waals surface area contributed by atoms with Crippen LogP contribution in [0.15, 0.2) is 24.4 Å². The molecule has 0 fully saturated rings. The van der Waals surface area contributed by atoms with E-state index in [-0.39, 0.29) is 0 Å². The van der Waals surface area contributed by atoms with Crippen LogP contribution in [0.1, 0.15) is 18.9 Å². The third-order valence-electron chi connectivity index (χ3n) is 2.51. The monoisotopic (exact) mass is 217 g/mol. The zero-order chi connectivity index (χ0) is 11.4. The fraction of sp³-hybridized carbons (Fsp3) is 0.308. The molecular formula is C13H15NO2. The number of nitrogens with one attached hydrogen (secondary N) is 1. The SMILES string of the molecule is CCCOc1ccc2[nH]cc(CC=O)c2c1. The van der Waals surface area contributed by atoms with Crippen molar-refractivity contribution >= 4 is 17.2 Å². The van der Waals surface area contributed by atoms with Gasteiger partial charge in [-0.05, 0) is 30.2 Å². The largest absolute Gasteiger partial charge is 0.494 e. The van der Waals surface area contributed by atoms with Crippen LogP contribution in [0.25, 0.3) is 10.9 Å². The average molecular weight is 217 g/mol. The number of carbonyl (C=O) groups is 1. The molecule has 0 bridgehead atoms. The summed E-state index contributed by atoms with van der Waals surface area (Å²) in [6.45, 7) is 2.80. The molecule has 1 aromatic carbocycles. The molecule has 0 unspecified atom stereocenters. The first-order chi connectivity index (χ1) is 7.85. The van der Waals surface area contributed by atoms with Crippen molar-refractivity contribution in [2.75, 3.05) is 6.61 Å². The van der Waals surface area contributed by atoms with Gasteiger partial charge in [0, 0.05) is 23.5 Å². The topological polar surface area (TPSA) is 42.1 Å². The van der Waals surface area contributed by atoms with E-state index in [0.717, 1.165) is 41.5 Å². The molecule has 3 heteroatoms. The quantitative estimate of drug-likeness (QED) is 0.782. The van der Waals surface area contributed by atoms with Gasteiger partial charge in [0.25, 0.3) is 0 Å². The molecule has 0 amide bonds. The third-order valence-corrected chi connectivity index (χ3v) is 2.51. The zero-order valence-electron chi connectivity index (χ0n) is 9.32. The van der Waals surface area contributed by atoms with E-state index in [9.17, 15) is 4.79 Å². The van der Waals surface area contributed by atoms with Gasteiger partial charge in [0.2, 0.25) is 0 Å². The van der Waals surface area contributed by atoms with Crippen molar-refractivity contribution in [2.24, 2.45) is 0 Å². The standard InChI is InChI=1S/C13H15NO2/c1-2-7-16-11-3-4-13-12(8-11)10(5-6-15)9-14-13/h3-4,6,8-9,14H,2,5,7H2,1H3. The maximum absolute atomic E-state index is 10.5. The second-order valence-electron chi connectivity index (χ2n) is 3.74. The predicted octanol–water partition coefficient (Wildman–Crippen LogP) is 2.70. The molecule has 1 aromatic heterocycles. The van der Waals surface area contributed by atoms with E-state index in [0.29, 0.717) is 6.42 Å². The van der Waals surface area contributed by atoms with Gasteiger partial charge in [0.05, 0.1) is 6.61 Å². The van der Waals surface area contributed by atoms with Crippen LogP contribution in [0.4, 0.5) is 0 Å². The van der Waals surface area contributed by atoms with Gasteiger partial charge >= 0.3 is 0 Å². The number of benzene rings is 1. The predicted molar refractivity (Wildman–Crippen MR) is 63.9 cm³/mol. The Labute approximate surface area is 94.4 Å². The Kier molecular flexibility index (Phi) is 3.25. The Morgan fingerprint density at radius 1 is 1.44 bits per heavy atom. The first kappa shape index (κ1) is 10.7. The second kappa shape index (κ2) is 4.84. The van der Waals surface area contributed by atoms with E-state index in [1.807, 2.05) is 24.4 Å². The van der Waals surface area contributed by atoms with Crippen LogP contribution in [-0.2, 0) is 11.2 Å². The van der Waals surface area contributed by atoms with Crippen LogP contribution in [0.2, 0.25) is 0 Å². The van der Waals surface area contributed by atoms with E-state index < -0.39 is 0 Å². The van der Waals surface area contributed by atoms with Crippen LogP contribution in [0.3, 0.4) is 0 Å². The molecule has 0 saturated heterocycles. The van der Waals surface area contributed by atoms with Crippen LogP contribution in [0, 0.1) is 0 Å². The Morgan fingerprint density at radius 2 is 2.31 bits per heavy atom. The minimum atomic E-state index is 0.442. The molecule has 3 nitrogen and oxygen atoms in total. The van der Waals surface area contributed by atoms with Crippen molar-refractivity contribution in [3.8, 4) is 5.75 Å². The van der Waals surface area contributed by atoms with Gasteiger partial charge in [-0.1, -0.05) is 6.92 Å². The fourth-order valence-corrected chi connectivity index (χ4v) is 1.73. The van der Waals surface area contributed by atoms with Crippen LogP contribution >= 0.6 is 0 Å². The summed E-state index contributed by atoms with van der Waals surface area (Å²) in [5.41, 5.74) is 2.06. The van der Waals surface area contributed by atoms with E-state index in [2.05, 4.69) is 11.9 Å². The molecule has 16 heavy (non-hydrogen) atoms. The summed E-state index contributed by atoms with van der Waals surface area (Å²) in [5.74, 6) is 0.862. The van der Waals surface area contributed by atoms with Gasteiger partial charge in [-0.3, -0.25) is 0 Å². The Balaban J connectivity index is 2.33. The maximum atomic E-state index is 10.5. The van der Waals surface area contributed by atoms with Crippen molar-refractivity contribution in [3.63, 3.8) is 0 Å². The molecule has 1 heterocycles. The molecule has 0 aliphatic heterocycles. The molecular weight excluding hydrogens is 202 g/mol. The fourth-order valence-electron chi connectivity index (χ4n) is 1.73. The molecule has 84 valence electrons. The Hall–Kier alpha value is -1.77. The lowest BCUT2D eigenvalue weighted by molar-refractivity contribution is -0.107. The van der Waals surface area contributed by atoms with Crippen LogP contribution in [-0.4, -0.2) is 17.9 Å². The lowest BCUT2D eigenvalue weighted by Crippen LogP contribution is -1.94. The normalized spacial score (nSPS) is 10.6. The number of aromatic amines is 1. The third kappa shape index (κ3) is 2.08. The van der Waals surface area contributed by atoms with E-state index in [1.165, 1.54) is 0 Å². The number of aromatic nitrogens is 1. The van der Waals surface area contributed by atoms with Crippen molar-refractivity contribution in [2.45, 2.75) is 19.8 Å². The summed E-state index contributed by atoms with van der Waals surface area (Å²) < 4.78 is 5.56. The molecule has 0 radical (unpaired) electrons. The smallest absolute Gasteiger partial charge is 0.124 e. The number of hydrogen-bond donors (Lipinski definition) is 1. The van der Waals surface area contributed by atoms with Gasteiger partial charge in [-0.25, -0.2) is 0 Å². The molecule has 1 N–H and O–H groups in total. The van der Waals surface area contributed by atoms with E-state index >= 15 is 0 Å². The Morgan fingerprint density at radius 3 is 3.06 bits per heavy atom. The highest BCUT2D eigenvalue weighted by Crippen LogP contribution is 2.23. The summed E-state index contributed by atoms with van der Waals surface area (Å²) in [5, 5.41) is 1.07. The van der Waals surface area contributed by atoms with Gasteiger partial charge in [-0.2, -0.15) is 0 Å². The molecule has 2 rings (SSSR count). The molecule has 0 atom stereocenters. The molecule has 2 aromatic rings. The van der Waals surface area contributed by atoms with Crippen LogP contribution in [0.5, 0.6) is 5.75 Å². The summed E-state index contributed by atoms with van der Waals surface area (Å²) >= 11 is 0. The number of hydrogen-bond acceptors (Lipinski definition) is 2. The van der Waals surface area contributed by atoms with Gasteiger partial charge in [-0.15, -0.1) is 0 Å². The number of fused-ring (bicyclic) bond motifs is 1. The summed E-state index contributed by atoms with van der Waals surface area (Å²) in [6, 6.07) is 5.91. The highest BCUT2D eigenvalue weighted by molar-refractivity contribution is 5.86. The maximum Gasteiger partial charge on any atom is 0.124 e. The average Bonchev–Trinajstić information content (AvgIpc) is 2.70. The lowest BCUT2D eigenvalue weighted by Gasteiger charge is -2.04. The molecule has 0 aliphatic carbocycles. The molecule has 0 spiro atoms. The van der Waals surface area contributed by atoms with Crippen LogP contribution < -0.4 is 4.74 Å². The van der Waals surface area contributed by atoms with Gasteiger partial charge in [0.1, 0.15) is 12.0 Å². The minimum Gasteiger partial charge on any atom is -0.494 e. The number of ether oxygens (including phenoxy) is 1. The first-order valence-corrected chi connectivity index (χ1v) is 5.51. The molecule has 0 saturated carbocycles. The lowest BCUT2D eigenvalue weighted by atomic mass is 10.1. The van der Waals surface area contributed by atoms with Crippen molar-refractivity contribution in [3.05, 3.63) is 30.0 Å². The number of rotatable bonds is 5. The highest BCUT2D eigenvalue weighted by atomic mass is 16.5. The summed E-state index contributed by atoms with van der Waals surface area (Å²) in [7, 11) is 0. The minimum absolute atomic E-state index is 0.442. The van der Waals surface area contributed by atoms with Gasteiger partial charge < -0.3 is 14.5 Å². The molecule has 0 aliphatic rings. The van der Waals surface area contributed by atoms with Gasteiger partial charge in [0.15, 0.2) is 0 Å². The summed E-state index contributed by atoms with van der Waals surface area (Å²) in [6.07, 6.45) is 4.23. The number of H-pyrrole nitrogens is 1. The van der Waals surface area contributed by atoms with Crippen molar-refractivity contribution < 1.29 is 9.53 Å². The number of carbonyl (C=O) groups excluding carboxylic acids is 1. The van der Waals surface area contributed by atoms with E-state index in [4.69, 9.17) is 4.74 Å². The first-order valence-electron chi connectivity index (χ1n) is 5.51. The number of aldehydes is 1. The summed E-state index contributed by atoms with van der Waals surface area (Å²) in [4.78, 5) is 13.7. The Bertz CT molecular complexity index is 488. The highest BCUT2D eigenvalue weighted by Gasteiger charge is 2.04.